The zero-order chi connectivity index (χ0) is 11.0. The summed E-state index contributed by atoms with van der Waals surface area (Å²) < 4.78 is 5.38. The first kappa shape index (κ1) is 9.36. The van der Waals surface area contributed by atoms with Gasteiger partial charge in [-0.2, -0.15) is 0 Å². The molecule has 2 aromatic rings. The number of pyridine rings is 1. The summed E-state index contributed by atoms with van der Waals surface area (Å²) in [6.45, 7) is 1.41. The lowest BCUT2D eigenvalue weighted by molar-refractivity contribution is 0.134. The van der Waals surface area contributed by atoms with E-state index in [-0.39, 0.29) is 0 Å². The molecule has 0 saturated heterocycles. The van der Waals surface area contributed by atoms with Crippen molar-refractivity contribution in [1.29, 1.82) is 0 Å². The minimum absolute atomic E-state index is 0.690. The summed E-state index contributed by atoms with van der Waals surface area (Å²) in [5.74, 6) is 0. The second kappa shape index (κ2) is 3.61. The number of ether oxygens (including phenoxy) is 1. The Morgan fingerprint density at radius 3 is 2.88 bits per heavy atom. The van der Waals surface area contributed by atoms with Crippen LogP contribution >= 0.6 is 0 Å². The second-order valence-corrected chi connectivity index (χ2v) is 3.92. The zero-order valence-electron chi connectivity index (χ0n) is 8.81. The molecule has 3 nitrogen and oxygen atoms in total. The molecule has 80 valence electrons. The molecule has 0 fully saturated rings. The number of rotatable bonds is 1. The number of fused-ring (bicyclic) bond motifs is 1. The topological polar surface area (TPSA) is 48.1 Å². The van der Waals surface area contributed by atoms with Gasteiger partial charge in [0, 0.05) is 11.8 Å². The molecule has 1 aliphatic rings. The lowest BCUT2D eigenvalue weighted by atomic mass is 10.0. The molecule has 1 aromatic heterocycles. The number of nitrogens with zero attached hydrogens (tertiary/aromatic N) is 1. The van der Waals surface area contributed by atoms with Gasteiger partial charge in [0.1, 0.15) is 0 Å². The predicted octanol–water partition coefficient (Wildman–Crippen LogP) is 2.36. The van der Waals surface area contributed by atoms with E-state index in [1.807, 2.05) is 18.2 Å². The van der Waals surface area contributed by atoms with Crippen molar-refractivity contribution in [2.75, 3.05) is 5.73 Å². The highest BCUT2D eigenvalue weighted by molar-refractivity contribution is 5.72. The summed E-state index contributed by atoms with van der Waals surface area (Å²) >= 11 is 0. The van der Waals surface area contributed by atoms with E-state index in [0.29, 0.717) is 18.9 Å². The Hall–Kier alpha value is -1.87. The molecule has 16 heavy (non-hydrogen) atoms. The number of anilines is 1. The van der Waals surface area contributed by atoms with Crippen LogP contribution in [0.2, 0.25) is 0 Å². The minimum atomic E-state index is 0.690. The van der Waals surface area contributed by atoms with Crippen molar-refractivity contribution in [3.8, 4) is 11.3 Å². The maximum absolute atomic E-state index is 5.90. The summed E-state index contributed by atoms with van der Waals surface area (Å²) in [7, 11) is 0. The van der Waals surface area contributed by atoms with Gasteiger partial charge >= 0.3 is 0 Å². The maximum Gasteiger partial charge on any atom is 0.0931 e. The molecule has 1 aromatic carbocycles. The molecule has 0 amide bonds. The van der Waals surface area contributed by atoms with Crippen LogP contribution in [-0.2, 0) is 18.0 Å². The molecule has 0 atom stereocenters. The average Bonchev–Trinajstić information content (AvgIpc) is 2.76. The SMILES string of the molecule is Nc1cccnc1-c1ccc2c(c1)COC2. The van der Waals surface area contributed by atoms with E-state index in [1.54, 1.807) is 6.20 Å². The van der Waals surface area contributed by atoms with Crippen LogP contribution in [0, 0.1) is 0 Å². The molecular weight excluding hydrogens is 200 g/mol. The van der Waals surface area contributed by atoms with Crippen LogP contribution in [-0.4, -0.2) is 4.98 Å². The standard InChI is InChI=1S/C13H12N2O/c14-12-2-1-5-15-13(12)9-3-4-10-7-16-8-11(10)6-9/h1-6H,7-8,14H2. The first-order valence-electron chi connectivity index (χ1n) is 5.25. The molecule has 0 saturated carbocycles. The minimum Gasteiger partial charge on any atom is -0.397 e. The van der Waals surface area contributed by atoms with Gasteiger partial charge in [-0.3, -0.25) is 4.98 Å². The van der Waals surface area contributed by atoms with Crippen LogP contribution in [0.25, 0.3) is 11.3 Å². The highest BCUT2D eigenvalue weighted by Crippen LogP contribution is 2.28. The predicted molar refractivity (Wildman–Crippen MR) is 62.6 cm³/mol. The number of hydrogen-bond donors (Lipinski definition) is 1. The largest absolute Gasteiger partial charge is 0.397 e. The monoisotopic (exact) mass is 212 g/mol. The lowest BCUT2D eigenvalue weighted by Gasteiger charge is -2.05. The van der Waals surface area contributed by atoms with Gasteiger partial charge in [0.05, 0.1) is 24.6 Å². The van der Waals surface area contributed by atoms with E-state index in [9.17, 15) is 0 Å². The Bertz CT molecular complexity index is 537. The van der Waals surface area contributed by atoms with Crippen LogP contribution in [0.3, 0.4) is 0 Å². The van der Waals surface area contributed by atoms with Crippen LogP contribution in [0.1, 0.15) is 11.1 Å². The van der Waals surface area contributed by atoms with Gasteiger partial charge in [-0.15, -0.1) is 0 Å². The molecule has 3 heteroatoms. The maximum atomic E-state index is 5.90. The first-order valence-corrected chi connectivity index (χ1v) is 5.25. The Morgan fingerprint density at radius 1 is 1.12 bits per heavy atom. The molecule has 1 aliphatic heterocycles. The highest BCUT2D eigenvalue weighted by atomic mass is 16.5. The molecule has 0 unspecified atom stereocenters. The Morgan fingerprint density at radius 2 is 2.00 bits per heavy atom. The fourth-order valence-electron chi connectivity index (χ4n) is 1.98. The molecule has 3 rings (SSSR count). The van der Waals surface area contributed by atoms with Crippen molar-refractivity contribution in [2.24, 2.45) is 0 Å². The van der Waals surface area contributed by atoms with E-state index in [2.05, 4.69) is 17.1 Å². The molecule has 2 N–H and O–H groups in total. The molecule has 0 spiro atoms. The number of aromatic nitrogens is 1. The Balaban J connectivity index is 2.11. The molecule has 0 radical (unpaired) electrons. The van der Waals surface area contributed by atoms with Crippen molar-refractivity contribution in [3.05, 3.63) is 47.7 Å². The van der Waals surface area contributed by atoms with E-state index in [4.69, 9.17) is 10.5 Å². The summed E-state index contributed by atoms with van der Waals surface area (Å²) in [4.78, 5) is 4.31. The van der Waals surface area contributed by atoms with Crippen molar-refractivity contribution < 1.29 is 4.74 Å². The normalized spacial score (nSPS) is 13.8. The Kier molecular flexibility index (Phi) is 2.11. The van der Waals surface area contributed by atoms with Crippen LogP contribution < -0.4 is 5.73 Å². The molecule has 0 aliphatic carbocycles. The van der Waals surface area contributed by atoms with Crippen molar-refractivity contribution in [2.45, 2.75) is 13.2 Å². The number of benzene rings is 1. The third kappa shape index (κ3) is 1.46. The fourth-order valence-corrected chi connectivity index (χ4v) is 1.98. The van der Waals surface area contributed by atoms with Gasteiger partial charge < -0.3 is 10.5 Å². The summed E-state index contributed by atoms with van der Waals surface area (Å²) in [6, 6.07) is 9.96. The summed E-state index contributed by atoms with van der Waals surface area (Å²) in [5, 5.41) is 0. The molecular formula is C13H12N2O. The smallest absolute Gasteiger partial charge is 0.0931 e. The lowest BCUT2D eigenvalue weighted by Crippen LogP contribution is -1.93. The van der Waals surface area contributed by atoms with Gasteiger partial charge in [0.2, 0.25) is 0 Å². The quantitative estimate of drug-likeness (QED) is 0.789. The van der Waals surface area contributed by atoms with E-state index >= 15 is 0 Å². The van der Waals surface area contributed by atoms with E-state index in [0.717, 1.165) is 11.3 Å². The number of nitrogens with two attached hydrogens (primary N) is 1. The average molecular weight is 212 g/mol. The summed E-state index contributed by atoms with van der Waals surface area (Å²) in [6.07, 6.45) is 1.76. The van der Waals surface area contributed by atoms with Gasteiger partial charge in [-0.1, -0.05) is 12.1 Å². The number of nitrogen functional groups attached to an aromatic ring is 1. The Labute approximate surface area is 93.9 Å². The van der Waals surface area contributed by atoms with Crippen LogP contribution in [0.4, 0.5) is 5.69 Å². The van der Waals surface area contributed by atoms with Gasteiger partial charge in [0.25, 0.3) is 0 Å². The first-order chi connectivity index (χ1) is 7.84. The zero-order valence-corrected chi connectivity index (χ0v) is 8.81. The van der Waals surface area contributed by atoms with E-state index in [1.165, 1.54) is 11.1 Å². The van der Waals surface area contributed by atoms with Gasteiger partial charge in [-0.05, 0) is 29.3 Å². The highest BCUT2D eigenvalue weighted by Gasteiger charge is 2.12. The van der Waals surface area contributed by atoms with Crippen LogP contribution in [0.5, 0.6) is 0 Å². The van der Waals surface area contributed by atoms with Crippen molar-refractivity contribution in [3.63, 3.8) is 0 Å². The molecule has 2 heterocycles. The molecule has 0 bridgehead atoms. The van der Waals surface area contributed by atoms with Crippen molar-refractivity contribution >= 4 is 5.69 Å². The number of hydrogen-bond acceptors (Lipinski definition) is 3. The van der Waals surface area contributed by atoms with Gasteiger partial charge in [0.15, 0.2) is 0 Å². The fraction of sp³-hybridized carbons (Fsp3) is 0.154. The summed E-state index contributed by atoms with van der Waals surface area (Å²) in [5.41, 5.74) is 11.0. The van der Waals surface area contributed by atoms with Gasteiger partial charge in [-0.25, -0.2) is 0 Å². The van der Waals surface area contributed by atoms with Crippen LogP contribution in [0.15, 0.2) is 36.5 Å². The van der Waals surface area contributed by atoms with Crippen molar-refractivity contribution in [1.82, 2.24) is 4.98 Å². The van der Waals surface area contributed by atoms with E-state index < -0.39 is 0 Å². The third-order valence-corrected chi connectivity index (χ3v) is 2.83. The second-order valence-electron chi connectivity index (χ2n) is 3.92. The third-order valence-electron chi connectivity index (χ3n) is 2.83.